The molecule has 0 radical (unpaired) electrons. The summed E-state index contributed by atoms with van der Waals surface area (Å²) in [6, 6.07) is 11.4. The van der Waals surface area contributed by atoms with Gasteiger partial charge in [0.25, 0.3) is 11.7 Å². The lowest BCUT2D eigenvalue weighted by atomic mass is 9.95. The summed E-state index contributed by atoms with van der Waals surface area (Å²) in [6.07, 6.45) is 0. The molecule has 168 valence electrons. The smallest absolute Gasteiger partial charge is 0.295 e. The van der Waals surface area contributed by atoms with Crippen LogP contribution in [-0.4, -0.2) is 74.1 Å². The van der Waals surface area contributed by atoms with Gasteiger partial charge in [-0.3, -0.25) is 9.59 Å². The Kier molecular flexibility index (Phi) is 6.05. The molecule has 2 aromatic rings. The summed E-state index contributed by atoms with van der Waals surface area (Å²) >= 11 is 0. The number of likely N-dealkylation sites (tertiary alicyclic amines) is 1. The monoisotopic (exact) mass is 438 g/mol. The molecule has 2 aliphatic rings. The van der Waals surface area contributed by atoms with Crippen molar-refractivity contribution in [2.45, 2.75) is 6.04 Å². The van der Waals surface area contributed by atoms with Crippen molar-refractivity contribution in [1.29, 1.82) is 0 Å². The van der Waals surface area contributed by atoms with Crippen molar-refractivity contribution in [2.24, 2.45) is 0 Å². The van der Waals surface area contributed by atoms with E-state index in [0.29, 0.717) is 54.7 Å². The van der Waals surface area contributed by atoms with E-state index in [-0.39, 0.29) is 11.3 Å². The molecule has 0 bridgehead atoms. The van der Waals surface area contributed by atoms with Crippen LogP contribution in [0.1, 0.15) is 17.2 Å². The third-order valence-corrected chi connectivity index (χ3v) is 5.55. The number of hydrogen-bond acceptors (Lipinski definition) is 7. The Morgan fingerprint density at radius 2 is 1.88 bits per heavy atom. The molecule has 8 heteroatoms. The van der Waals surface area contributed by atoms with Gasteiger partial charge < -0.3 is 29.1 Å². The topological polar surface area (TPSA) is 88.5 Å². The minimum atomic E-state index is -0.738. The summed E-state index contributed by atoms with van der Waals surface area (Å²) in [4.78, 5) is 29.5. The van der Waals surface area contributed by atoms with Gasteiger partial charge in [0, 0.05) is 18.7 Å². The van der Waals surface area contributed by atoms with Crippen molar-refractivity contribution in [2.75, 3.05) is 47.5 Å². The van der Waals surface area contributed by atoms with Crippen molar-refractivity contribution in [3.8, 4) is 17.2 Å². The van der Waals surface area contributed by atoms with Crippen LogP contribution in [0.25, 0.3) is 5.76 Å². The molecule has 2 aliphatic heterocycles. The van der Waals surface area contributed by atoms with Crippen LogP contribution in [0.5, 0.6) is 17.2 Å². The van der Waals surface area contributed by atoms with Crippen LogP contribution in [0.2, 0.25) is 0 Å². The van der Waals surface area contributed by atoms with Crippen molar-refractivity contribution >= 4 is 17.4 Å². The molecule has 0 aromatic heterocycles. The highest BCUT2D eigenvalue weighted by Gasteiger charge is 2.46. The van der Waals surface area contributed by atoms with E-state index in [0.717, 1.165) is 0 Å². The first-order valence-corrected chi connectivity index (χ1v) is 10.4. The zero-order valence-electron chi connectivity index (χ0n) is 18.3. The second-order valence-electron chi connectivity index (χ2n) is 7.93. The summed E-state index contributed by atoms with van der Waals surface area (Å²) in [5.74, 6) is 0.0481. The van der Waals surface area contributed by atoms with Gasteiger partial charge >= 0.3 is 0 Å². The Balaban J connectivity index is 1.83. The molecule has 4 rings (SSSR count). The summed E-state index contributed by atoms with van der Waals surface area (Å²) in [7, 11) is 5.34. The molecule has 2 aromatic carbocycles. The quantitative estimate of drug-likeness (QED) is 0.421. The second-order valence-corrected chi connectivity index (χ2v) is 7.93. The maximum atomic E-state index is 13.1. The fourth-order valence-electron chi connectivity index (χ4n) is 3.92. The van der Waals surface area contributed by atoms with Gasteiger partial charge in [0.15, 0.2) is 11.5 Å². The minimum Gasteiger partial charge on any atom is -0.507 e. The minimum absolute atomic E-state index is 0.0405. The van der Waals surface area contributed by atoms with Gasteiger partial charge in [0.05, 0.1) is 18.7 Å². The zero-order chi connectivity index (χ0) is 22.8. The first-order valence-electron chi connectivity index (χ1n) is 10.4. The molecule has 32 heavy (non-hydrogen) atoms. The fourth-order valence-corrected chi connectivity index (χ4v) is 3.92. The van der Waals surface area contributed by atoms with Crippen LogP contribution < -0.4 is 14.2 Å². The van der Waals surface area contributed by atoms with E-state index < -0.39 is 17.7 Å². The van der Waals surface area contributed by atoms with Gasteiger partial charge in [0.1, 0.15) is 24.7 Å². The maximum Gasteiger partial charge on any atom is 0.295 e. The number of nitrogens with zero attached hydrogens (tertiary/aromatic N) is 2. The van der Waals surface area contributed by atoms with Crippen molar-refractivity contribution in [3.63, 3.8) is 0 Å². The molecule has 0 spiro atoms. The van der Waals surface area contributed by atoms with Crippen molar-refractivity contribution in [3.05, 3.63) is 59.2 Å². The van der Waals surface area contributed by atoms with E-state index >= 15 is 0 Å². The number of carbonyl (C=O) groups is 2. The first kappa shape index (κ1) is 21.7. The van der Waals surface area contributed by atoms with E-state index in [4.69, 9.17) is 14.2 Å². The highest BCUT2D eigenvalue weighted by molar-refractivity contribution is 6.46. The van der Waals surface area contributed by atoms with Gasteiger partial charge in [-0.1, -0.05) is 12.1 Å². The standard InChI is InChI=1S/C24H26N2O6/c1-25(2)9-10-26-21(15-5-4-6-17(13-15)30-3)20(23(28)24(26)29)22(27)16-7-8-18-19(14-16)32-12-11-31-18/h4-8,13-14,21,27H,9-12H2,1-3H3/t21-/m1/s1. The molecule has 0 saturated carbocycles. The molecule has 1 fully saturated rings. The number of ketones is 1. The molecule has 0 unspecified atom stereocenters. The molecule has 1 saturated heterocycles. The highest BCUT2D eigenvalue weighted by atomic mass is 16.6. The molecule has 0 aliphatic carbocycles. The number of fused-ring (bicyclic) bond motifs is 1. The zero-order valence-corrected chi connectivity index (χ0v) is 18.3. The molecular weight excluding hydrogens is 412 g/mol. The average Bonchev–Trinajstić information content (AvgIpc) is 3.06. The number of hydrogen-bond donors (Lipinski definition) is 1. The van der Waals surface area contributed by atoms with Crippen LogP contribution in [-0.2, 0) is 9.59 Å². The van der Waals surface area contributed by atoms with Gasteiger partial charge in [-0.25, -0.2) is 0 Å². The molecule has 2 heterocycles. The van der Waals surface area contributed by atoms with E-state index in [1.54, 1.807) is 43.5 Å². The molecule has 8 nitrogen and oxygen atoms in total. The number of aliphatic hydroxyl groups excluding tert-OH is 1. The average molecular weight is 438 g/mol. The number of ether oxygens (including phenoxy) is 3. The molecule has 1 amide bonds. The Morgan fingerprint density at radius 3 is 2.59 bits per heavy atom. The number of likely N-dealkylation sites (N-methyl/N-ethyl adjacent to an activating group) is 1. The van der Waals surface area contributed by atoms with Crippen molar-refractivity contribution in [1.82, 2.24) is 9.80 Å². The van der Waals surface area contributed by atoms with Crippen molar-refractivity contribution < 1.29 is 28.9 Å². The van der Waals surface area contributed by atoms with Crippen LogP contribution >= 0.6 is 0 Å². The molecule has 1 N–H and O–H groups in total. The number of Topliss-reactive ketones (excluding diaryl/α,β-unsaturated/α-hetero) is 1. The summed E-state index contributed by atoms with van der Waals surface area (Å²) in [5.41, 5.74) is 1.10. The third-order valence-electron chi connectivity index (χ3n) is 5.55. The number of aliphatic hydroxyl groups is 1. The third kappa shape index (κ3) is 4.01. The summed E-state index contributed by atoms with van der Waals surface area (Å²) in [6.45, 7) is 1.75. The van der Waals surface area contributed by atoms with E-state index in [2.05, 4.69) is 0 Å². The number of benzene rings is 2. The lowest BCUT2D eigenvalue weighted by molar-refractivity contribution is -0.140. The van der Waals surface area contributed by atoms with E-state index in [1.807, 2.05) is 25.1 Å². The fraction of sp³-hybridized carbons (Fsp3) is 0.333. The lowest BCUT2D eigenvalue weighted by Gasteiger charge is -2.27. The summed E-state index contributed by atoms with van der Waals surface area (Å²) < 4.78 is 16.5. The van der Waals surface area contributed by atoms with E-state index in [1.165, 1.54) is 4.90 Å². The number of rotatable bonds is 6. The largest absolute Gasteiger partial charge is 0.507 e. The van der Waals surface area contributed by atoms with Crippen LogP contribution in [0.4, 0.5) is 0 Å². The van der Waals surface area contributed by atoms with E-state index in [9.17, 15) is 14.7 Å². The second kappa shape index (κ2) is 8.92. The lowest BCUT2D eigenvalue weighted by Crippen LogP contribution is -2.35. The van der Waals surface area contributed by atoms with Crippen LogP contribution in [0.3, 0.4) is 0 Å². The summed E-state index contributed by atoms with van der Waals surface area (Å²) in [5, 5.41) is 11.2. The van der Waals surface area contributed by atoms with Gasteiger partial charge in [-0.05, 0) is 50.0 Å². The normalized spacial score (nSPS) is 19.5. The number of amides is 1. The number of carbonyl (C=O) groups excluding carboxylic acids is 2. The van der Waals surface area contributed by atoms with Gasteiger partial charge in [-0.15, -0.1) is 0 Å². The first-order chi connectivity index (χ1) is 15.4. The Hall–Kier alpha value is -3.52. The Bertz CT molecular complexity index is 1080. The SMILES string of the molecule is COc1cccc([C@@H]2C(=C(O)c3ccc4c(c3)OCCO4)C(=O)C(=O)N2CCN(C)C)c1. The Labute approximate surface area is 186 Å². The van der Waals surface area contributed by atoms with Gasteiger partial charge in [-0.2, -0.15) is 0 Å². The predicted molar refractivity (Wildman–Crippen MR) is 118 cm³/mol. The van der Waals surface area contributed by atoms with Crippen LogP contribution in [0.15, 0.2) is 48.0 Å². The molecule has 1 atom stereocenters. The Morgan fingerprint density at radius 1 is 1.12 bits per heavy atom. The molecular formula is C24H26N2O6. The number of methoxy groups -OCH3 is 1. The predicted octanol–water partition coefficient (Wildman–Crippen LogP) is 2.45. The van der Waals surface area contributed by atoms with Crippen LogP contribution in [0, 0.1) is 0 Å². The highest BCUT2D eigenvalue weighted by Crippen LogP contribution is 2.41. The maximum absolute atomic E-state index is 13.1. The van der Waals surface area contributed by atoms with Gasteiger partial charge in [0.2, 0.25) is 0 Å².